The van der Waals surface area contributed by atoms with Crippen LogP contribution in [0.5, 0.6) is 5.75 Å². The van der Waals surface area contributed by atoms with Crippen molar-refractivity contribution in [1.82, 2.24) is 26.0 Å². The van der Waals surface area contributed by atoms with Gasteiger partial charge in [0.2, 0.25) is 0 Å². The van der Waals surface area contributed by atoms with Crippen molar-refractivity contribution in [3.63, 3.8) is 0 Å². The maximum Gasteiger partial charge on any atom is 0.418 e. The second-order valence-electron chi connectivity index (χ2n) is 11.2. The average molecular weight is 698 g/mol. The summed E-state index contributed by atoms with van der Waals surface area (Å²) in [5.41, 5.74) is 8.06. The molecule has 0 bridgehead atoms. The number of benzene rings is 1. The van der Waals surface area contributed by atoms with Gasteiger partial charge in [0, 0.05) is 30.9 Å². The Balaban J connectivity index is 1.44. The molecule has 19 nitrogen and oxygen atoms in total. The van der Waals surface area contributed by atoms with Crippen molar-refractivity contribution >= 4 is 56.3 Å². The Morgan fingerprint density at radius 1 is 1.30 bits per heavy atom. The van der Waals surface area contributed by atoms with E-state index < -0.39 is 57.7 Å². The fraction of sp³-hybridized carbons (Fsp3) is 0.462. The first-order valence-corrected chi connectivity index (χ1v) is 16.3. The minimum Gasteiger partial charge on any atom is -0.489 e. The maximum absolute atomic E-state index is 13.3. The molecule has 0 radical (unpaired) electrons. The summed E-state index contributed by atoms with van der Waals surface area (Å²) in [5.74, 6) is -2.34. The Kier molecular flexibility index (Phi) is 10.5. The number of aromatic nitrogens is 1. The number of carbonyl (C=O) groups is 3. The van der Waals surface area contributed by atoms with E-state index in [1.54, 1.807) is 12.1 Å². The number of nitrogen functional groups attached to an aromatic ring is 1. The Hall–Kier alpha value is -4.57. The molecule has 1 fully saturated rings. The number of ether oxygens (including phenoxy) is 1. The molecule has 2 aliphatic rings. The van der Waals surface area contributed by atoms with Crippen LogP contribution in [0.1, 0.15) is 37.9 Å². The third-order valence-electron chi connectivity index (χ3n) is 7.18. The van der Waals surface area contributed by atoms with Crippen LogP contribution in [0, 0.1) is 0 Å². The largest absolute Gasteiger partial charge is 0.489 e. The number of amides is 2. The SMILES string of the molecule is CC1(C)[C@H](NC(=O)/C(=N\O[C@@](C)(COc2ccc([C@@H]3CN=C(NCCN)NC3)cc2)C(=O)O)c2csc(N)n2)C(=O)N1OS(=O)(=O)O. The third kappa shape index (κ3) is 8.43. The molecule has 3 atom stereocenters. The maximum atomic E-state index is 13.3. The van der Waals surface area contributed by atoms with Crippen LogP contribution in [-0.2, 0) is 33.9 Å². The van der Waals surface area contributed by atoms with E-state index in [-0.39, 0.29) is 16.7 Å². The molecule has 0 unspecified atom stereocenters. The van der Waals surface area contributed by atoms with E-state index in [1.807, 2.05) is 12.1 Å². The van der Waals surface area contributed by atoms with Gasteiger partial charge in [-0.3, -0.25) is 19.1 Å². The van der Waals surface area contributed by atoms with Crippen molar-refractivity contribution in [3.8, 4) is 5.75 Å². The standard InChI is InChI=1S/C26H35N9O10S2/c1-25(2)19(21(37)35(25)45-47(40,41)42)33-20(36)18(17-12-46-23(28)32-17)34-44-26(3,22(38)39)13-43-16-6-4-14(5-7-16)15-10-30-24(31-11-15)29-9-8-27/h4-7,12,15,19H,8-11,13,27H2,1-3H3,(H2,28,32)(H,33,36)(H,38,39)(H2,29,30,31)(H,40,41,42)/b34-18-/t19-,26+/m1/s1. The molecule has 0 aliphatic carbocycles. The third-order valence-corrected chi connectivity index (χ3v) is 8.19. The van der Waals surface area contributed by atoms with Crippen LogP contribution >= 0.6 is 11.3 Å². The van der Waals surface area contributed by atoms with Gasteiger partial charge in [-0.25, -0.2) is 9.78 Å². The van der Waals surface area contributed by atoms with Crippen molar-refractivity contribution in [2.75, 3.05) is 38.5 Å². The van der Waals surface area contributed by atoms with Crippen LogP contribution in [0.3, 0.4) is 0 Å². The van der Waals surface area contributed by atoms with E-state index >= 15 is 0 Å². The first-order valence-electron chi connectivity index (χ1n) is 14.0. The molecule has 0 spiro atoms. The summed E-state index contributed by atoms with van der Waals surface area (Å²) in [6, 6.07) is 5.70. The Morgan fingerprint density at radius 3 is 2.53 bits per heavy atom. The zero-order chi connectivity index (χ0) is 34.6. The summed E-state index contributed by atoms with van der Waals surface area (Å²) in [4.78, 5) is 51.9. The molecule has 47 heavy (non-hydrogen) atoms. The number of oxime groups is 1. The van der Waals surface area contributed by atoms with Crippen molar-refractivity contribution in [2.24, 2.45) is 15.9 Å². The lowest BCUT2D eigenvalue weighted by Crippen LogP contribution is -2.76. The molecule has 3 heterocycles. The fourth-order valence-corrected chi connectivity index (χ4v) is 5.43. The van der Waals surface area contributed by atoms with Crippen LogP contribution in [0.15, 0.2) is 39.8 Å². The number of nitrogens with two attached hydrogens (primary N) is 2. The number of thiazole rings is 1. The summed E-state index contributed by atoms with van der Waals surface area (Å²) in [6.07, 6.45) is 0. The zero-order valence-corrected chi connectivity index (χ0v) is 27.1. The van der Waals surface area contributed by atoms with Crippen molar-refractivity contribution in [2.45, 2.75) is 43.9 Å². The monoisotopic (exact) mass is 697 g/mol. The molecule has 2 amide bonds. The Bertz CT molecular complexity index is 1660. The quantitative estimate of drug-likeness (QED) is 0.0528. The van der Waals surface area contributed by atoms with Crippen molar-refractivity contribution in [3.05, 3.63) is 40.9 Å². The molecule has 2 aliphatic heterocycles. The molecule has 21 heteroatoms. The van der Waals surface area contributed by atoms with Gasteiger partial charge in [-0.15, -0.1) is 15.6 Å². The number of aliphatic imine (C=N–C) groups is 1. The summed E-state index contributed by atoms with van der Waals surface area (Å²) >= 11 is 0.958. The highest BCUT2D eigenvalue weighted by atomic mass is 32.3. The molecule has 0 saturated carbocycles. The minimum absolute atomic E-state index is 0.0561. The van der Waals surface area contributed by atoms with Crippen LogP contribution in [0.2, 0.25) is 0 Å². The lowest BCUT2D eigenvalue weighted by atomic mass is 9.84. The van der Waals surface area contributed by atoms with Crippen LogP contribution in [0.25, 0.3) is 0 Å². The van der Waals surface area contributed by atoms with Gasteiger partial charge in [0.15, 0.2) is 16.8 Å². The lowest BCUT2D eigenvalue weighted by molar-refractivity contribution is -0.218. The van der Waals surface area contributed by atoms with Gasteiger partial charge in [0.25, 0.3) is 17.4 Å². The number of carbonyl (C=O) groups excluding carboxylic acids is 2. The van der Waals surface area contributed by atoms with Gasteiger partial charge >= 0.3 is 16.4 Å². The number of nitrogens with zero attached hydrogens (tertiary/aromatic N) is 4. The number of rotatable bonds is 14. The molecule has 4 rings (SSSR count). The van der Waals surface area contributed by atoms with E-state index in [1.165, 1.54) is 26.2 Å². The zero-order valence-electron chi connectivity index (χ0n) is 25.5. The molecular weight excluding hydrogens is 662 g/mol. The summed E-state index contributed by atoms with van der Waals surface area (Å²) in [7, 11) is -5.02. The number of aliphatic carboxylic acids is 1. The number of carboxylic acid groups (broad SMARTS) is 1. The number of hydroxylamine groups is 2. The van der Waals surface area contributed by atoms with Gasteiger partial charge in [0.1, 0.15) is 24.1 Å². The highest BCUT2D eigenvalue weighted by Gasteiger charge is 2.58. The van der Waals surface area contributed by atoms with Gasteiger partial charge in [-0.2, -0.15) is 13.5 Å². The van der Waals surface area contributed by atoms with Crippen LogP contribution < -0.4 is 32.2 Å². The molecular formula is C26H35N9O10S2. The average Bonchev–Trinajstić information content (AvgIpc) is 3.46. The molecule has 2 aromatic rings. The number of hydrogen-bond donors (Lipinski definition) is 7. The van der Waals surface area contributed by atoms with Crippen molar-refractivity contribution < 1.29 is 46.3 Å². The van der Waals surface area contributed by atoms with Crippen molar-refractivity contribution in [1.29, 1.82) is 0 Å². The highest BCUT2D eigenvalue weighted by molar-refractivity contribution is 7.80. The first kappa shape index (κ1) is 35.3. The minimum atomic E-state index is -5.02. The number of nitrogens with one attached hydrogen (secondary N) is 3. The molecule has 1 aromatic heterocycles. The van der Waals surface area contributed by atoms with E-state index in [2.05, 4.69) is 35.4 Å². The van der Waals surface area contributed by atoms with Gasteiger partial charge in [-0.05, 0) is 38.5 Å². The molecule has 1 saturated heterocycles. The number of carboxylic acids is 1. The second kappa shape index (κ2) is 14.0. The normalized spacial score (nSPS) is 20.6. The van der Waals surface area contributed by atoms with E-state index in [4.69, 9.17) is 25.6 Å². The summed E-state index contributed by atoms with van der Waals surface area (Å²) in [6.45, 7) is 5.70. The summed E-state index contributed by atoms with van der Waals surface area (Å²) < 4.78 is 41.2. The Morgan fingerprint density at radius 2 is 2.00 bits per heavy atom. The molecule has 9 N–H and O–H groups in total. The van der Waals surface area contributed by atoms with Gasteiger partial charge < -0.3 is 42.1 Å². The number of hydrogen-bond acceptors (Lipinski definition) is 16. The summed E-state index contributed by atoms with van der Waals surface area (Å²) in [5, 5.41) is 24.2. The van der Waals surface area contributed by atoms with Crippen LogP contribution in [0.4, 0.5) is 5.13 Å². The fourth-order valence-electron chi connectivity index (χ4n) is 4.43. The van der Waals surface area contributed by atoms with Crippen LogP contribution in [-0.4, -0.2) is 108 Å². The highest BCUT2D eigenvalue weighted by Crippen LogP contribution is 2.33. The van der Waals surface area contributed by atoms with E-state index in [0.717, 1.165) is 16.9 Å². The predicted molar refractivity (Wildman–Crippen MR) is 168 cm³/mol. The Labute approximate surface area is 273 Å². The topological polar surface area (TPSA) is 282 Å². The number of guanidine groups is 1. The van der Waals surface area contributed by atoms with Gasteiger partial charge in [-0.1, -0.05) is 17.3 Å². The predicted octanol–water partition coefficient (Wildman–Crippen LogP) is -1.20. The first-order chi connectivity index (χ1) is 22.0. The van der Waals surface area contributed by atoms with Gasteiger partial charge in [0.05, 0.1) is 12.1 Å². The van der Waals surface area contributed by atoms with E-state index in [9.17, 15) is 27.9 Å². The second-order valence-corrected chi connectivity index (χ2v) is 13.1. The lowest BCUT2D eigenvalue weighted by Gasteiger charge is -2.50. The molecule has 256 valence electrons. The van der Waals surface area contributed by atoms with E-state index in [0.29, 0.717) is 43.0 Å². The smallest absolute Gasteiger partial charge is 0.418 e. The number of anilines is 1. The number of β-lactam (4-membered cyclic amide) rings is 1. The molecule has 1 aromatic carbocycles.